The fourth-order valence-electron chi connectivity index (χ4n) is 3.48. The van der Waals surface area contributed by atoms with Crippen molar-refractivity contribution >= 4 is 12.0 Å². The number of hydrogen-bond acceptors (Lipinski definition) is 4. The van der Waals surface area contributed by atoms with Crippen LogP contribution in [-0.4, -0.2) is 36.7 Å². The van der Waals surface area contributed by atoms with Gasteiger partial charge in [0, 0.05) is 12.6 Å². The first kappa shape index (κ1) is 22.3. The zero-order valence-electron chi connectivity index (χ0n) is 17.6. The number of aryl methyl sites for hydroxylation is 1. The largest absolute Gasteiger partial charge is 0.484 e. The lowest BCUT2D eigenvalue weighted by Gasteiger charge is -2.36. The normalized spacial score (nSPS) is 16.2. The summed E-state index contributed by atoms with van der Waals surface area (Å²) in [6, 6.07) is 9.16. The van der Waals surface area contributed by atoms with E-state index in [1.54, 1.807) is 19.9 Å². The van der Waals surface area contributed by atoms with Gasteiger partial charge in [-0.05, 0) is 38.5 Å². The molecule has 2 amide bonds. The Labute approximate surface area is 179 Å². The van der Waals surface area contributed by atoms with Crippen molar-refractivity contribution in [1.82, 2.24) is 10.2 Å². The number of carbonyl (C=O) groups excluding carboxylic acids is 2. The second-order valence-corrected chi connectivity index (χ2v) is 6.99. The number of ether oxygens (including phenoxy) is 2. The summed E-state index contributed by atoms with van der Waals surface area (Å²) in [4.78, 5) is 27.1. The van der Waals surface area contributed by atoms with E-state index in [4.69, 9.17) is 9.47 Å². The third kappa shape index (κ3) is 4.84. The van der Waals surface area contributed by atoms with Gasteiger partial charge in [-0.3, -0.25) is 4.90 Å². The molecule has 0 radical (unpaired) electrons. The molecule has 0 spiro atoms. The number of amides is 2. The molecule has 0 aromatic heterocycles. The molecule has 0 bridgehead atoms. The van der Waals surface area contributed by atoms with Crippen LogP contribution in [0, 0.1) is 18.6 Å². The average Bonchev–Trinajstić information content (AvgIpc) is 2.72. The van der Waals surface area contributed by atoms with Crippen LogP contribution in [0.4, 0.5) is 13.6 Å². The topological polar surface area (TPSA) is 67.9 Å². The van der Waals surface area contributed by atoms with E-state index < -0.39 is 29.7 Å². The van der Waals surface area contributed by atoms with Crippen LogP contribution in [0.15, 0.2) is 53.7 Å². The number of esters is 1. The summed E-state index contributed by atoms with van der Waals surface area (Å²) in [5.41, 5.74) is 2.13. The van der Waals surface area contributed by atoms with Gasteiger partial charge in [0.05, 0.1) is 23.9 Å². The number of likely N-dealkylation sites (N-methyl/N-ethyl adjacent to an activating group) is 1. The van der Waals surface area contributed by atoms with Crippen molar-refractivity contribution in [3.63, 3.8) is 0 Å². The Balaban J connectivity index is 2.08. The first-order chi connectivity index (χ1) is 14.8. The van der Waals surface area contributed by atoms with Crippen molar-refractivity contribution in [3.8, 4) is 5.75 Å². The molecule has 0 unspecified atom stereocenters. The number of nitrogens with one attached hydrogen (secondary N) is 1. The molecule has 2 aromatic rings. The van der Waals surface area contributed by atoms with Gasteiger partial charge in [0.25, 0.3) is 0 Å². The van der Waals surface area contributed by atoms with E-state index in [0.717, 1.165) is 17.7 Å². The number of rotatable bonds is 7. The standard InChI is InChI=1S/C23H24F2N2O4/c1-4-27-18(13-31-19-10-9-16(24)12-17(19)25)20(22(28)30-5-2)21(26-23(27)29)15-8-6-7-14(3)11-15/h6-12,21H,4-5,13H2,1-3H3,(H,26,29)/t21-/m1/s1. The summed E-state index contributed by atoms with van der Waals surface area (Å²) in [6.45, 7) is 5.45. The van der Waals surface area contributed by atoms with Crippen LogP contribution in [0.3, 0.4) is 0 Å². The third-order valence-corrected chi connectivity index (χ3v) is 4.88. The molecule has 1 aliphatic rings. The summed E-state index contributed by atoms with van der Waals surface area (Å²) in [6.07, 6.45) is 0. The smallest absolute Gasteiger partial charge is 0.338 e. The van der Waals surface area contributed by atoms with Gasteiger partial charge in [0.15, 0.2) is 11.6 Å². The van der Waals surface area contributed by atoms with Gasteiger partial charge in [-0.15, -0.1) is 0 Å². The maximum Gasteiger partial charge on any atom is 0.338 e. The first-order valence-corrected chi connectivity index (χ1v) is 9.98. The van der Waals surface area contributed by atoms with Gasteiger partial charge in [-0.25, -0.2) is 18.4 Å². The highest BCUT2D eigenvalue weighted by molar-refractivity contribution is 5.95. The molecule has 31 heavy (non-hydrogen) atoms. The number of urea groups is 1. The summed E-state index contributed by atoms with van der Waals surface area (Å²) < 4.78 is 38.1. The summed E-state index contributed by atoms with van der Waals surface area (Å²) >= 11 is 0. The Morgan fingerprint density at radius 3 is 2.58 bits per heavy atom. The van der Waals surface area contributed by atoms with Crippen LogP contribution >= 0.6 is 0 Å². The molecular weight excluding hydrogens is 406 g/mol. The fraction of sp³-hybridized carbons (Fsp3) is 0.304. The molecule has 3 rings (SSSR count). The van der Waals surface area contributed by atoms with Crippen LogP contribution in [0.2, 0.25) is 0 Å². The minimum atomic E-state index is -0.878. The minimum Gasteiger partial charge on any atom is -0.484 e. The second-order valence-electron chi connectivity index (χ2n) is 6.99. The Morgan fingerprint density at radius 1 is 1.16 bits per heavy atom. The first-order valence-electron chi connectivity index (χ1n) is 9.98. The molecule has 0 saturated carbocycles. The van der Waals surface area contributed by atoms with E-state index in [1.807, 2.05) is 25.1 Å². The highest BCUT2D eigenvalue weighted by Crippen LogP contribution is 2.32. The van der Waals surface area contributed by atoms with Gasteiger partial charge < -0.3 is 14.8 Å². The molecule has 1 N–H and O–H groups in total. The number of benzene rings is 2. The van der Waals surface area contributed by atoms with Gasteiger partial charge >= 0.3 is 12.0 Å². The average molecular weight is 430 g/mol. The molecule has 1 aliphatic heterocycles. The molecule has 0 saturated heterocycles. The van der Waals surface area contributed by atoms with Crippen molar-refractivity contribution in [1.29, 1.82) is 0 Å². The van der Waals surface area contributed by atoms with Crippen molar-refractivity contribution in [2.45, 2.75) is 26.8 Å². The van der Waals surface area contributed by atoms with Gasteiger partial charge in [0.2, 0.25) is 0 Å². The molecule has 0 fully saturated rings. The number of halogens is 2. The summed E-state index contributed by atoms with van der Waals surface area (Å²) in [5, 5.41) is 2.85. The fourth-order valence-corrected chi connectivity index (χ4v) is 3.48. The lowest BCUT2D eigenvalue weighted by molar-refractivity contribution is -0.139. The van der Waals surface area contributed by atoms with Gasteiger partial charge in [0.1, 0.15) is 12.4 Å². The van der Waals surface area contributed by atoms with E-state index in [9.17, 15) is 18.4 Å². The molecule has 1 heterocycles. The maximum absolute atomic E-state index is 14.1. The molecule has 1 atom stereocenters. The van der Waals surface area contributed by atoms with E-state index in [2.05, 4.69) is 5.32 Å². The molecule has 8 heteroatoms. The van der Waals surface area contributed by atoms with E-state index >= 15 is 0 Å². The quantitative estimate of drug-likeness (QED) is 0.667. The summed E-state index contributed by atoms with van der Waals surface area (Å²) in [7, 11) is 0. The Bertz CT molecular complexity index is 1020. The van der Waals surface area contributed by atoms with E-state index in [1.165, 1.54) is 4.90 Å². The van der Waals surface area contributed by atoms with Crippen molar-refractivity contribution in [3.05, 3.63) is 76.5 Å². The highest BCUT2D eigenvalue weighted by Gasteiger charge is 2.38. The van der Waals surface area contributed by atoms with Crippen LogP contribution in [0.25, 0.3) is 0 Å². The number of hydrogen-bond donors (Lipinski definition) is 1. The number of nitrogens with zero attached hydrogens (tertiary/aromatic N) is 1. The van der Waals surface area contributed by atoms with E-state index in [-0.39, 0.29) is 36.8 Å². The minimum absolute atomic E-state index is 0.143. The second kappa shape index (κ2) is 9.59. The van der Waals surface area contributed by atoms with Crippen molar-refractivity contribution in [2.24, 2.45) is 0 Å². The number of carbonyl (C=O) groups is 2. The lowest BCUT2D eigenvalue weighted by Crippen LogP contribution is -2.49. The summed E-state index contributed by atoms with van der Waals surface area (Å²) in [5.74, 6) is -2.41. The predicted octanol–water partition coefficient (Wildman–Crippen LogP) is 4.26. The molecule has 0 aliphatic carbocycles. The van der Waals surface area contributed by atoms with Crippen molar-refractivity contribution in [2.75, 3.05) is 19.8 Å². The van der Waals surface area contributed by atoms with Crippen LogP contribution in [-0.2, 0) is 9.53 Å². The lowest BCUT2D eigenvalue weighted by atomic mass is 9.93. The predicted molar refractivity (Wildman–Crippen MR) is 110 cm³/mol. The highest BCUT2D eigenvalue weighted by atomic mass is 19.1. The molecule has 164 valence electrons. The molecule has 6 nitrogen and oxygen atoms in total. The SMILES string of the molecule is CCOC(=O)C1=C(COc2ccc(F)cc2F)N(CC)C(=O)N[C@@H]1c1cccc(C)c1. The maximum atomic E-state index is 14.1. The Kier molecular flexibility index (Phi) is 6.89. The van der Waals surface area contributed by atoms with Crippen LogP contribution in [0.1, 0.15) is 31.0 Å². The molecule has 2 aromatic carbocycles. The van der Waals surface area contributed by atoms with Gasteiger partial charge in [-0.1, -0.05) is 29.8 Å². The van der Waals surface area contributed by atoms with Crippen molar-refractivity contribution < 1.29 is 27.8 Å². The van der Waals surface area contributed by atoms with Gasteiger partial charge in [-0.2, -0.15) is 0 Å². The molecular formula is C23H24F2N2O4. The van der Waals surface area contributed by atoms with E-state index in [0.29, 0.717) is 11.6 Å². The third-order valence-electron chi connectivity index (χ3n) is 4.88. The monoisotopic (exact) mass is 430 g/mol. The zero-order chi connectivity index (χ0) is 22.5. The zero-order valence-corrected chi connectivity index (χ0v) is 17.6. The van der Waals surface area contributed by atoms with Crippen LogP contribution in [0.5, 0.6) is 5.75 Å². The Morgan fingerprint density at radius 2 is 1.94 bits per heavy atom. The Hall–Kier alpha value is -3.42. The van der Waals surface area contributed by atoms with Crippen LogP contribution < -0.4 is 10.1 Å².